The van der Waals surface area contributed by atoms with Crippen LogP contribution in [-0.2, 0) is 14.4 Å². The van der Waals surface area contributed by atoms with E-state index in [4.69, 9.17) is 0 Å². The summed E-state index contributed by atoms with van der Waals surface area (Å²) in [4.78, 5) is 44.6. The Labute approximate surface area is 207 Å². The number of carbonyl (C=O) groups excluding carboxylic acids is 3. The van der Waals surface area contributed by atoms with Gasteiger partial charge in [0, 0.05) is 31.4 Å². The van der Waals surface area contributed by atoms with Crippen LogP contribution < -0.4 is 10.2 Å². The third-order valence-corrected chi connectivity index (χ3v) is 6.74. The first-order chi connectivity index (χ1) is 16.9. The normalized spacial score (nSPS) is 17.6. The van der Waals surface area contributed by atoms with E-state index < -0.39 is 5.54 Å². The Morgan fingerprint density at radius 1 is 1.00 bits per heavy atom. The standard InChI is InChI=1S/C28H34N4O3/c1-22(2)19-29-25(33)20-31-21-32(24-11-7-4-8-12-24)28(27(31)35)15-17-30(18-16-28)26(34)14-13-23-9-5-3-6-10-23/h3-14,22H,15-21H2,1-2H3,(H,29,33). The van der Waals surface area contributed by atoms with Gasteiger partial charge in [0.1, 0.15) is 12.1 Å². The van der Waals surface area contributed by atoms with Gasteiger partial charge >= 0.3 is 0 Å². The molecule has 2 aromatic rings. The smallest absolute Gasteiger partial charge is 0.250 e. The molecule has 184 valence electrons. The minimum atomic E-state index is -0.750. The second-order valence-electron chi connectivity index (χ2n) is 9.71. The summed E-state index contributed by atoms with van der Waals surface area (Å²) < 4.78 is 0. The molecular weight excluding hydrogens is 440 g/mol. The van der Waals surface area contributed by atoms with Crippen LogP contribution in [0.1, 0.15) is 32.3 Å². The van der Waals surface area contributed by atoms with Crippen molar-refractivity contribution in [3.8, 4) is 0 Å². The number of hydrogen-bond acceptors (Lipinski definition) is 4. The van der Waals surface area contributed by atoms with E-state index >= 15 is 0 Å². The first kappa shape index (κ1) is 24.5. The largest absolute Gasteiger partial charge is 0.354 e. The van der Waals surface area contributed by atoms with E-state index in [-0.39, 0.29) is 24.3 Å². The molecular formula is C28H34N4O3. The molecule has 2 aliphatic heterocycles. The number of rotatable bonds is 7. The molecule has 4 rings (SSSR count). The fourth-order valence-electron chi connectivity index (χ4n) is 4.80. The van der Waals surface area contributed by atoms with Crippen molar-refractivity contribution in [1.29, 1.82) is 0 Å². The number of benzene rings is 2. The number of para-hydroxylation sites is 1. The summed E-state index contributed by atoms with van der Waals surface area (Å²) >= 11 is 0. The summed E-state index contributed by atoms with van der Waals surface area (Å²) in [5, 5.41) is 2.91. The molecule has 0 unspecified atom stereocenters. The van der Waals surface area contributed by atoms with Crippen molar-refractivity contribution in [2.45, 2.75) is 32.2 Å². The zero-order valence-electron chi connectivity index (χ0n) is 20.5. The molecule has 2 heterocycles. The molecule has 7 heteroatoms. The maximum Gasteiger partial charge on any atom is 0.250 e. The van der Waals surface area contributed by atoms with Gasteiger partial charge in [-0.2, -0.15) is 0 Å². The molecule has 7 nitrogen and oxygen atoms in total. The average molecular weight is 475 g/mol. The lowest BCUT2D eigenvalue weighted by atomic mass is 9.85. The molecule has 2 fully saturated rings. The van der Waals surface area contributed by atoms with Crippen molar-refractivity contribution < 1.29 is 14.4 Å². The SMILES string of the molecule is CC(C)CNC(=O)CN1CN(c2ccccc2)C2(CCN(C(=O)C=Cc3ccccc3)CC2)C1=O. The Kier molecular flexibility index (Phi) is 7.54. The Morgan fingerprint density at radius 2 is 1.63 bits per heavy atom. The van der Waals surface area contributed by atoms with Gasteiger partial charge in [0.2, 0.25) is 11.8 Å². The second-order valence-corrected chi connectivity index (χ2v) is 9.71. The highest BCUT2D eigenvalue weighted by molar-refractivity contribution is 5.97. The van der Waals surface area contributed by atoms with Gasteiger partial charge in [-0.05, 0) is 42.5 Å². The molecule has 1 N–H and O–H groups in total. The van der Waals surface area contributed by atoms with Crippen LogP contribution in [0.15, 0.2) is 66.7 Å². The van der Waals surface area contributed by atoms with Crippen molar-refractivity contribution in [3.05, 3.63) is 72.3 Å². The zero-order valence-corrected chi connectivity index (χ0v) is 20.5. The number of nitrogens with zero attached hydrogens (tertiary/aromatic N) is 3. The summed E-state index contributed by atoms with van der Waals surface area (Å²) in [6.07, 6.45) is 4.47. The summed E-state index contributed by atoms with van der Waals surface area (Å²) in [5.74, 6) is 0.118. The predicted octanol–water partition coefficient (Wildman–Crippen LogP) is 3.14. The minimum Gasteiger partial charge on any atom is -0.354 e. The van der Waals surface area contributed by atoms with Crippen LogP contribution >= 0.6 is 0 Å². The van der Waals surface area contributed by atoms with E-state index in [1.54, 1.807) is 15.9 Å². The van der Waals surface area contributed by atoms with Crippen LogP contribution in [0.4, 0.5) is 5.69 Å². The van der Waals surface area contributed by atoms with Crippen molar-refractivity contribution in [3.63, 3.8) is 0 Å². The molecule has 0 saturated carbocycles. The van der Waals surface area contributed by atoms with E-state index in [0.29, 0.717) is 45.1 Å². The van der Waals surface area contributed by atoms with Crippen molar-refractivity contribution in [1.82, 2.24) is 15.1 Å². The maximum atomic E-state index is 13.7. The lowest BCUT2D eigenvalue weighted by Gasteiger charge is -2.43. The lowest BCUT2D eigenvalue weighted by molar-refractivity contribution is -0.138. The average Bonchev–Trinajstić information content (AvgIpc) is 3.13. The van der Waals surface area contributed by atoms with Gasteiger partial charge in [-0.15, -0.1) is 0 Å². The van der Waals surface area contributed by atoms with Crippen molar-refractivity contribution in [2.24, 2.45) is 5.92 Å². The zero-order chi connectivity index (χ0) is 24.8. The number of piperidine rings is 1. The van der Waals surface area contributed by atoms with Gasteiger partial charge in [0.05, 0.1) is 6.67 Å². The molecule has 0 bridgehead atoms. The Hall–Kier alpha value is -3.61. The highest BCUT2D eigenvalue weighted by atomic mass is 16.2. The number of carbonyl (C=O) groups is 3. The van der Waals surface area contributed by atoms with Crippen LogP contribution in [0.25, 0.3) is 6.08 Å². The molecule has 2 aliphatic rings. The van der Waals surface area contributed by atoms with Gasteiger partial charge in [0.25, 0.3) is 5.91 Å². The molecule has 1 spiro atoms. The van der Waals surface area contributed by atoms with Crippen LogP contribution in [0.2, 0.25) is 0 Å². The van der Waals surface area contributed by atoms with Gasteiger partial charge in [-0.1, -0.05) is 62.4 Å². The van der Waals surface area contributed by atoms with Gasteiger partial charge < -0.3 is 20.0 Å². The fraction of sp³-hybridized carbons (Fsp3) is 0.393. The Balaban J connectivity index is 1.47. The predicted molar refractivity (Wildman–Crippen MR) is 137 cm³/mol. The van der Waals surface area contributed by atoms with E-state index in [1.165, 1.54) is 0 Å². The first-order valence-corrected chi connectivity index (χ1v) is 12.3. The highest BCUT2D eigenvalue weighted by Crippen LogP contribution is 2.39. The summed E-state index contributed by atoms with van der Waals surface area (Å²) in [6, 6.07) is 19.6. The summed E-state index contributed by atoms with van der Waals surface area (Å²) in [7, 11) is 0. The second kappa shape index (κ2) is 10.8. The molecule has 0 aromatic heterocycles. The van der Waals surface area contributed by atoms with E-state index in [9.17, 15) is 14.4 Å². The minimum absolute atomic E-state index is 0.0343. The van der Waals surface area contributed by atoms with Crippen LogP contribution in [-0.4, -0.2) is 65.9 Å². The highest BCUT2D eigenvalue weighted by Gasteiger charge is 2.54. The molecule has 0 aliphatic carbocycles. The molecule has 3 amide bonds. The number of amides is 3. The monoisotopic (exact) mass is 474 g/mol. The Bertz CT molecular complexity index is 1060. The number of hydrogen-bond donors (Lipinski definition) is 1. The van der Waals surface area contributed by atoms with Crippen LogP contribution in [0, 0.1) is 5.92 Å². The molecule has 2 aromatic carbocycles. The third-order valence-electron chi connectivity index (χ3n) is 6.74. The van der Waals surface area contributed by atoms with Crippen LogP contribution in [0.3, 0.4) is 0 Å². The van der Waals surface area contributed by atoms with Gasteiger partial charge in [-0.25, -0.2) is 0 Å². The lowest BCUT2D eigenvalue weighted by Crippen LogP contribution is -2.57. The molecule has 35 heavy (non-hydrogen) atoms. The number of nitrogens with one attached hydrogen (secondary N) is 1. The van der Waals surface area contributed by atoms with Crippen LogP contribution in [0.5, 0.6) is 0 Å². The summed E-state index contributed by atoms with van der Waals surface area (Å²) in [5.41, 5.74) is 1.18. The molecule has 0 radical (unpaired) electrons. The first-order valence-electron chi connectivity index (χ1n) is 12.3. The van der Waals surface area contributed by atoms with E-state index in [0.717, 1.165) is 11.3 Å². The quantitative estimate of drug-likeness (QED) is 0.626. The molecule has 2 saturated heterocycles. The number of anilines is 1. The third kappa shape index (κ3) is 5.56. The van der Waals surface area contributed by atoms with Gasteiger partial charge in [0.15, 0.2) is 0 Å². The fourth-order valence-corrected chi connectivity index (χ4v) is 4.80. The van der Waals surface area contributed by atoms with Crippen molar-refractivity contribution >= 4 is 29.5 Å². The van der Waals surface area contributed by atoms with Gasteiger partial charge in [-0.3, -0.25) is 14.4 Å². The maximum absolute atomic E-state index is 13.7. The van der Waals surface area contributed by atoms with E-state index in [1.807, 2.05) is 80.6 Å². The summed E-state index contributed by atoms with van der Waals surface area (Å²) in [6.45, 7) is 6.04. The Morgan fingerprint density at radius 3 is 2.26 bits per heavy atom. The number of likely N-dealkylation sites (tertiary alicyclic amines) is 1. The van der Waals surface area contributed by atoms with E-state index in [2.05, 4.69) is 10.2 Å². The topological polar surface area (TPSA) is 73.0 Å². The molecule has 0 atom stereocenters. The van der Waals surface area contributed by atoms with Crippen molar-refractivity contribution in [2.75, 3.05) is 37.7 Å².